The predicted molar refractivity (Wildman–Crippen MR) is 106 cm³/mol. The molecular weight excluding hydrogens is 394 g/mol. The highest BCUT2D eigenvalue weighted by Crippen LogP contribution is 2.39. The summed E-state index contributed by atoms with van der Waals surface area (Å²) in [5.41, 5.74) is 6.12. The molecule has 0 unspecified atom stereocenters. The average molecular weight is 414 g/mol. The van der Waals surface area contributed by atoms with Crippen LogP contribution < -0.4 is 16.0 Å². The van der Waals surface area contributed by atoms with E-state index >= 15 is 0 Å². The van der Waals surface area contributed by atoms with Gasteiger partial charge in [-0.2, -0.15) is 5.10 Å². The van der Waals surface area contributed by atoms with Crippen LogP contribution in [0.15, 0.2) is 30.5 Å². The van der Waals surface area contributed by atoms with Crippen molar-refractivity contribution < 1.29 is 18.4 Å². The number of H-pyrrole nitrogens is 1. The second kappa shape index (κ2) is 8.05. The number of hydrogen-bond donors (Lipinski definition) is 3. The number of aromatic nitrogens is 3. The smallest absolute Gasteiger partial charge is 0.252 e. The molecule has 2 aromatic heterocycles. The van der Waals surface area contributed by atoms with Crippen molar-refractivity contribution in [2.75, 3.05) is 18.0 Å². The number of anilines is 1. The Balaban J connectivity index is 1.64. The van der Waals surface area contributed by atoms with Crippen molar-refractivity contribution in [2.45, 2.75) is 25.3 Å². The van der Waals surface area contributed by atoms with Crippen LogP contribution in [0.25, 0.3) is 11.0 Å². The summed E-state index contributed by atoms with van der Waals surface area (Å²) >= 11 is 0. The summed E-state index contributed by atoms with van der Waals surface area (Å²) in [4.78, 5) is 29.3. The first kappa shape index (κ1) is 19.7. The molecule has 4 N–H and O–H groups in total. The van der Waals surface area contributed by atoms with Gasteiger partial charge in [0.25, 0.3) is 5.91 Å². The molecule has 2 amide bonds. The van der Waals surface area contributed by atoms with Crippen molar-refractivity contribution in [3.8, 4) is 0 Å². The SMILES string of the molecule is NC(=O)CCNC(=O)c1cnc2[nH]nc(N3CCC[C@@H]3c3cc(F)ccc3F)c2c1. The van der Waals surface area contributed by atoms with E-state index in [1.807, 2.05) is 4.90 Å². The van der Waals surface area contributed by atoms with Crippen molar-refractivity contribution >= 4 is 28.7 Å². The first-order valence-corrected chi connectivity index (χ1v) is 9.56. The third-order valence-corrected chi connectivity index (χ3v) is 5.16. The van der Waals surface area contributed by atoms with E-state index in [0.717, 1.165) is 18.6 Å². The maximum atomic E-state index is 14.4. The first-order chi connectivity index (χ1) is 14.4. The van der Waals surface area contributed by atoms with Crippen molar-refractivity contribution in [2.24, 2.45) is 5.73 Å². The Hall–Kier alpha value is -3.56. The number of fused-ring (bicyclic) bond motifs is 1. The number of nitrogens with one attached hydrogen (secondary N) is 2. The van der Waals surface area contributed by atoms with Gasteiger partial charge < -0.3 is 16.0 Å². The number of primary amides is 1. The highest BCUT2D eigenvalue weighted by Gasteiger charge is 2.31. The minimum atomic E-state index is -0.509. The molecule has 1 saturated heterocycles. The number of carbonyl (C=O) groups is 2. The first-order valence-electron chi connectivity index (χ1n) is 9.56. The summed E-state index contributed by atoms with van der Waals surface area (Å²) in [6, 6.07) is 4.69. The Labute approximate surface area is 170 Å². The van der Waals surface area contributed by atoms with Crippen LogP contribution in [0.4, 0.5) is 14.6 Å². The third-order valence-electron chi connectivity index (χ3n) is 5.16. The number of nitrogens with two attached hydrogens (primary N) is 1. The minimum Gasteiger partial charge on any atom is -0.370 e. The van der Waals surface area contributed by atoms with Gasteiger partial charge in [0.1, 0.15) is 11.6 Å². The minimum absolute atomic E-state index is 0.0348. The Kier molecular flexibility index (Phi) is 5.30. The van der Waals surface area contributed by atoms with E-state index in [4.69, 9.17) is 5.73 Å². The van der Waals surface area contributed by atoms with Gasteiger partial charge in [-0.3, -0.25) is 14.7 Å². The fourth-order valence-corrected chi connectivity index (χ4v) is 3.75. The number of benzene rings is 1. The van der Waals surface area contributed by atoms with Gasteiger partial charge in [-0.1, -0.05) is 0 Å². The lowest BCUT2D eigenvalue weighted by Gasteiger charge is -2.25. The normalized spacial score (nSPS) is 16.2. The molecule has 1 fully saturated rings. The Morgan fingerprint density at radius 1 is 1.30 bits per heavy atom. The average Bonchev–Trinajstić information content (AvgIpc) is 3.35. The summed E-state index contributed by atoms with van der Waals surface area (Å²) in [7, 11) is 0. The maximum absolute atomic E-state index is 14.4. The molecule has 156 valence electrons. The van der Waals surface area contributed by atoms with E-state index in [-0.39, 0.29) is 24.6 Å². The number of rotatable bonds is 6. The van der Waals surface area contributed by atoms with Gasteiger partial charge in [0.2, 0.25) is 5.91 Å². The summed E-state index contributed by atoms with van der Waals surface area (Å²) in [5, 5.41) is 10.4. The van der Waals surface area contributed by atoms with Gasteiger partial charge >= 0.3 is 0 Å². The Morgan fingerprint density at radius 2 is 2.13 bits per heavy atom. The lowest BCUT2D eigenvalue weighted by molar-refractivity contribution is -0.117. The molecule has 0 bridgehead atoms. The quantitative estimate of drug-likeness (QED) is 0.572. The monoisotopic (exact) mass is 414 g/mol. The molecule has 30 heavy (non-hydrogen) atoms. The molecule has 3 aromatic rings. The van der Waals surface area contributed by atoms with E-state index in [9.17, 15) is 18.4 Å². The predicted octanol–water partition coefficient (Wildman–Crippen LogP) is 2.18. The van der Waals surface area contributed by atoms with Crippen LogP contribution in [0.5, 0.6) is 0 Å². The van der Waals surface area contributed by atoms with Gasteiger partial charge in [-0.25, -0.2) is 13.8 Å². The number of carbonyl (C=O) groups excluding carboxylic acids is 2. The second-order valence-corrected chi connectivity index (χ2v) is 7.16. The summed E-state index contributed by atoms with van der Waals surface area (Å²) < 4.78 is 28.1. The van der Waals surface area contributed by atoms with Crippen LogP contribution in [0.1, 0.15) is 41.2 Å². The molecule has 1 aliphatic heterocycles. The maximum Gasteiger partial charge on any atom is 0.252 e. The van der Waals surface area contributed by atoms with Crippen LogP contribution in [0, 0.1) is 11.6 Å². The molecule has 8 nitrogen and oxygen atoms in total. The van der Waals surface area contributed by atoms with E-state index in [1.165, 1.54) is 12.3 Å². The number of pyridine rings is 1. The molecule has 4 rings (SSSR count). The molecular formula is C20H20F2N6O2. The summed E-state index contributed by atoms with van der Waals surface area (Å²) in [5.74, 6) is -1.35. The van der Waals surface area contributed by atoms with E-state index in [2.05, 4.69) is 20.5 Å². The fraction of sp³-hybridized carbons (Fsp3) is 0.300. The van der Waals surface area contributed by atoms with Gasteiger partial charge in [-0.05, 0) is 37.1 Å². The van der Waals surface area contributed by atoms with Crippen LogP contribution in [0.3, 0.4) is 0 Å². The van der Waals surface area contributed by atoms with Crippen molar-refractivity contribution in [3.63, 3.8) is 0 Å². The molecule has 1 atom stereocenters. The van der Waals surface area contributed by atoms with Crippen molar-refractivity contribution in [1.82, 2.24) is 20.5 Å². The molecule has 0 aliphatic carbocycles. The summed E-state index contributed by atoms with van der Waals surface area (Å²) in [6.07, 6.45) is 2.87. The molecule has 0 radical (unpaired) electrons. The van der Waals surface area contributed by atoms with Crippen molar-refractivity contribution in [1.29, 1.82) is 0 Å². The molecule has 1 aliphatic rings. The zero-order valence-corrected chi connectivity index (χ0v) is 16.0. The zero-order valence-electron chi connectivity index (χ0n) is 16.0. The zero-order chi connectivity index (χ0) is 21.3. The highest BCUT2D eigenvalue weighted by atomic mass is 19.1. The number of amides is 2. The Morgan fingerprint density at radius 3 is 2.93 bits per heavy atom. The fourth-order valence-electron chi connectivity index (χ4n) is 3.75. The Bertz CT molecular complexity index is 1120. The van der Waals surface area contributed by atoms with Crippen LogP contribution >= 0.6 is 0 Å². The lowest BCUT2D eigenvalue weighted by atomic mass is 10.0. The molecule has 1 aromatic carbocycles. The topological polar surface area (TPSA) is 117 Å². The third kappa shape index (κ3) is 3.80. The van der Waals surface area contributed by atoms with Gasteiger partial charge in [-0.15, -0.1) is 0 Å². The summed E-state index contributed by atoms with van der Waals surface area (Å²) in [6.45, 7) is 0.729. The molecule has 3 heterocycles. The van der Waals surface area contributed by atoms with Crippen LogP contribution in [0.2, 0.25) is 0 Å². The largest absolute Gasteiger partial charge is 0.370 e. The molecule has 0 spiro atoms. The molecule has 10 heteroatoms. The lowest BCUT2D eigenvalue weighted by Crippen LogP contribution is -2.28. The molecule has 0 saturated carbocycles. The van der Waals surface area contributed by atoms with Gasteiger partial charge in [0.15, 0.2) is 11.5 Å². The van der Waals surface area contributed by atoms with Crippen molar-refractivity contribution in [3.05, 3.63) is 53.2 Å². The van der Waals surface area contributed by atoms with Gasteiger partial charge in [0.05, 0.1) is 17.0 Å². The van der Waals surface area contributed by atoms with E-state index in [1.54, 1.807) is 6.07 Å². The van der Waals surface area contributed by atoms with Crippen LogP contribution in [-0.2, 0) is 4.79 Å². The number of nitrogens with zero attached hydrogens (tertiary/aromatic N) is 3. The standard InChI is InChI=1S/C20H20F2N6O2/c21-12-3-4-15(22)13(9-12)16-2-1-7-28(16)19-14-8-11(10-25-18(14)26-27-19)20(30)24-6-5-17(23)29/h3-4,8-10,16H,1-2,5-7H2,(H2,23,29)(H,24,30)(H,25,26,27)/t16-/m1/s1. The van der Waals surface area contributed by atoms with E-state index in [0.29, 0.717) is 35.4 Å². The number of halogens is 2. The van der Waals surface area contributed by atoms with Crippen LogP contribution in [-0.4, -0.2) is 40.1 Å². The second-order valence-electron chi connectivity index (χ2n) is 7.16. The highest BCUT2D eigenvalue weighted by molar-refractivity contribution is 5.99. The van der Waals surface area contributed by atoms with E-state index < -0.39 is 23.4 Å². The van der Waals surface area contributed by atoms with Gasteiger partial charge in [0, 0.05) is 31.3 Å². The number of aromatic amines is 1. The number of hydrogen-bond acceptors (Lipinski definition) is 5.